The molecule has 1 amide bonds. The van der Waals surface area contributed by atoms with Crippen LogP contribution in [0.15, 0.2) is 81.4 Å². The van der Waals surface area contributed by atoms with Crippen LogP contribution in [0.2, 0.25) is 0 Å². The number of benzene rings is 3. The molecular formula is C24H22N6O4. The molecule has 4 N–H and O–H groups in total. The molecule has 10 heteroatoms. The zero-order chi connectivity index (χ0) is 23.9. The first kappa shape index (κ1) is 22.5. The normalized spacial score (nSPS) is 11.9. The van der Waals surface area contributed by atoms with E-state index in [-0.39, 0.29) is 5.82 Å². The molecule has 0 spiro atoms. The molecule has 0 fully saturated rings. The molecule has 10 nitrogen and oxygen atoms in total. The lowest BCUT2D eigenvalue weighted by molar-refractivity contribution is -0.121. The number of rotatable bonds is 8. The number of H-pyrrole nitrogens is 2. The smallest absolute Gasteiger partial charge is 0.342 e. The first-order valence-corrected chi connectivity index (χ1v) is 10.5. The van der Waals surface area contributed by atoms with Crippen molar-refractivity contribution in [3.63, 3.8) is 0 Å². The average molecular weight is 458 g/mol. The summed E-state index contributed by atoms with van der Waals surface area (Å²) in [5, 5.41) is 14.3. The first-order chi connectivity index (χ1) is 16.5. The van der Waals surface area contributed by atoms with Crippen molar-refractivity contribution in [3.05, 3.63) is 98.7 Å². The third-order valence-corrected chi connectivity index (χ3v) is 4.99. The van der Waals surface area contributed by atoms with Gasteiger partial charge in [0.25, 0.3) is 11.5 Å². The fourth-order valence-electron chi connectivity index (χ4n) is 3.24. The highest BCUT2D eigenvalue weighted by molar-refractivity contribution is 6.02. The summed E-state index contributed by atoms with van der Waals surface area (Å²) in [4.78, 5) is 37.3. The molecule has 4 aromatic rings. The van der Waals surface area contributed by atoms with Crippen LogP contribution in [0, 0.1) is 0 Å². The largest absolute Gasteiger partial charge is 0.488 e. The number of hydrazone groups is 1. The number of fused-ring (bicyclic) bond motifs is 1. The summed E-state index contributed by atoms with van der Waals surface area (Å²) in [5.74, 6) is -0.0665. The van der Waals surface area contributed by atoms with Crippen molar-refractivity contribution in [2.24, 2.45) is 5.10 Å². The average Bonchev–Trinajstić information content (AvgIpc) is 2.85. The minimum atomic E-state index is -0.849. The maximum Gasteiger partial charge on any atom is 0.342 e. The van der Waals surface area contributed by atoms with Crippen LogP contribution < -0.4 is 26.7 Å². The van der Waals surface area contributed by atoms with Gasteiger partial charge in [0.2, 0.25) is 5.82 Å². The monoisotopic (exact) mass is 458 g/mol. The second kappa shape index (κ2) is 10.3. The number of hydrogen-bond acceptors (Lipinski definition) is 7. The lowest BCUT2D eigenvalue weighted by atomic mass is 10.0. The maximum atomic E-state index is 12.4. The van der Waals surface area contributed by atoms with E-state index in [9.17, 15) is 14.4 Å². The molecule has 1 heterocycles. The lowest BCUT2D eigenvalue weighted by Gasteiger charge is -2.13. The van der Waals surface area contributed by atoms with Crippen molar-refractivity contribution in [1.29, 1.82) is 0 Å². The number of anilines is 1. The predicted molar refractivity (Wildman–Crippen MR) is 129 cm³/mol. The molecule has 0 radical (unpaired) electrons. The fraction of sp³-hybridized carbons (Fsp3) is 0.125. The van der Waals surface area contributed by atoms with E-state index in [0.29, 0.717) is 17.9 Å². The Balaban J connectivity index is 1.50. The van der Waals surface area contributed by atoms with Gasteiger partial charge in [-0.1, -0.05) is 60.7 Å². The van der Waals surface area contributed by atoms with Crippen molar-refractivity contribution in [1.82, 2.24) is 20.6 Å². The number of amides is 1. The van der Waals surface area contributed by atoms with Gasteiger partial charge in [-0.3, -0.25) is 14.6 Å². The minimum Gasteiger partial charge on any atom is -0.488 e. The summed E-state index contributed by atoms with van der Waals surface area (Å²) in [6.45, 7) is 1.91. The van der Waals surface area contributed by atoms with E-state index in [1.165, 1.54) is 13.1 Å². The Labute approximate surface area is 193 Å². The molecule has 34 heavy (non-hydrogen) atoms. The van der Waals surface area contributed by atoms with Crippen LogP contribution in [0.1, 0.15) is 18.1 Å². The van der Waals surface area contributed by atoms with E-state index in [1.54, 1.807) is 0 Å². The van der Waals surface area contributed by atoms with E-state index in [1.807, 2.05) is 71.7 Å². The topological polar surface area (TPSA) is 141 Å². The van der Waals surface area contributed by atoms with E-state index >= 15 is 0 Å². The highest BCUT2D eigenvalue weighted by Crippen LogP contribution is 2.27. The summed E-state index contributed by atoms with van der Waals surface area (Å²) < 4.78 is 6.05. The molecule has 172 valence electrons. The van der Waals surface area contributed by atoms with Crippen LogP contribution in [0.25, 0.3) is 10.8 Å². The Morgan fingerprint density at radius 3 is 2.65 bits per heavy atom. The Hall–Kier alpha value is -4.73. The van der Waals surface area contributed by atoms with Crippen LogP contribution in [-0.4, -0.2) is 33.3 Å². The molecule has 0 aliphatic rings. The first-order valence-electron chi connectivity index (χ1n) is 10.5. The SMILES string of the molecule is C[C@@H](Nc1n[nH]c(=O)[nH]c1=O)C(=O)N/N=C\c1c(OCc2ccccc2)ccc2ccccc12. The molecule has 4 rings (SSSR count). The van der Waals surface area contributed by atoms with Gasteiger partial charge < -0.3 is 10.1 Å². The highest BCUT2D eigenvalue weighted by atomic mass is 16.5. The van der Waals surface area contributed by atoms with Gasteiger partial charge in [0.05, 0.1) is 6.21 Å². The van der Waals surface area contributed by atoms with Gasteiger partial charge in [-0.25, -0.2) is 15.3 Å². The number of aromatic nitrogens is 3. The molecule has 0 aliphatic carbocycles. The maximum absolute atomic E-state index is 12.4. The van der Waals surface area contributed by atoms with Gasteiger partial charge in [-0.2, -0.15) is 5.10 Å². The molecule has 0 aliphatic heterocycles. The third kappa shape index (κ3) is 5.36. The van der Waals surface area contributed by atoms with Gasteiger partial charge >= 0.3 is 5.69 Å². The van der Waals surface area contributed by atoms with Crippen LogP contribution in [0.3, 0.4) is 0 Å². The Morgan fingerprint density at radius 1 is 1.09 bits per heavy atom. The molecule has 0 saturated heterocycles. The number of aromatic amines is 2. The molecule has 0 bridgehead atoms. The second-order valence-corrected chi connectivity index (χ2v) is 7.43. The van der Waals surface area contributed by atoms with Gasteiger partial charge in [-0.05, 0) is 29.3 Å². The fourth-order valence-corrected chi connectivity index (χ4v) is 3.24. The zero-order valence-corrected chi connectivity index (χ0v) is 18.2. The predicted octanol–water partition coefficient (Wildman–Crippen LogP) is 2.14. The quantitative estimate of drug-likeness (QED) is 0.235. The third-order valence-electron chi connectivity index (χ3n) is 4.99. The van der Waals surface area contributed by atoms with Gasteiger partial charge in [0.15, 0.2) is 0 Å². The molecule has 1 aromatic heterocycles. The van der Waals surface area contributed by atoms with Crippen molar-refractivity contribution in [3.8, 4) is 5.75 Å². The minimum absolute atomic E-state index is 0.183. The van der Waals surface area contributed by atoms with Gasteiger partial charge in [-0.15, -0.1) is 5.10 Å². The van der Waals surface area contributed by atoms with Crippen LogP contribution in [0.5, 0.6) is 5.75 Å². The summed E-state index contributed by atoms with van der Waals surface area (Å²) in [7, 11) is 0. The zero-order valence-electron chi connectivity index (χ0n) is 18.2. The number of carbonyl (C=O) groups is 1. The van der Waals surface area contributed by atoms with Crippen molar-refractivity contribution in [2.75, 3.05) is 5.32 Å². The second-order valence-electron chi connectivity index (χ2n) is 7.43. The van der Waals surface area contributed by atoms with Crippen LogP contribution >= 0.6 is 0 Å². The van der Waals surface area contributed by atoms with Gasteiger partial charge in [0.1, 0.15) is 18.4 Å². The van der Waals surface area contributed by atoms with Crippen molar-refractivity contribution >= 4 is 28.7 Å². The number of nitrogens with one attached hydrogen (secondary N) is 4. The Morgan fingerprint density at radius 2 is 1.85 bits per heavy atom. The number of nitrogens with zero attached hydrogens (tertiary/aromatic N) is 2. The van der Waals surface area contributed by atoms with Crippen molar-refractivity contribution < 1.29 is 9.53 Å². The molecule has 0 saturated carbocycles. The molecule has 0 unspecified atom stereocenters. The highest BCUT2D eigenvalue weighted by Gasteiger charge is 2.15. The van der Waals surface area contributed by atoms with Gasteiger partial charge in [0, 0.05) is 5.56 Å². The summed E-state index contributed by atoms with van der Waals surface area (Å²) in [6, 6.07) is 20.6. The Kier molecular flexibility index (Phi) is 6.78. The Bertz CT molecular complexity index is 1450. The lowest BCUT2D eigenvalue weighted by Crippen LogP contribution is -2.38. The van der Waals surface area contributed by atoms with E-state index < -0.39 is 23.2 Å². The number of ether oxygens (including phenoxy) is 1. The molecule has 3 aromatic carbocycles. The van der Waals surface area contributed by atoms with Crippen LogP contribution in [0.4, 0.5) is 5.82 Å². The van der Waals surface area contributed by atoms with Crippen molar-refractivity contribution in [2.45, 2.75) is 19.6 Å². The molecule has 1 atom stereocenters. The number of hydrogen-bond donors (Lipinski definition) is 4. The summed E-state index contributed by atoms with van der Waals surface area (Å²) in [5.41, 5.74) is 2.72. The van der Waals surface area contributed by atoms with Crippen LogP contribution in [-0.2, 0) is 11.4 Å². The standard InChI is InChI=1S/C24H22N6O4/c1-15(26-21-23(32)27-24(33)30-28-21)22(31)29-25-13-19-18-10-6-5-9-17(18)11-12-20(19)34-14-16-7-3-2-4-8-16/h2-13,15H,14H2,1H3,(H,26,28)(H,29,31)(H2,27,30,32,33)/b25-13-/t15-/m1/s1. The molecular weight excluding hydrogens is 436 g/mol. The van der Waals surface area contributed by atoms with E-state index in [0.717, 1.165) is 16.3 Å². The van der Waals surface area contributed by atoms with E-state index in [2.05, 4.69) is 26.0 Å². The summed E-state index contributed by atoms with van der Waals surface area (Å²) in [6.07, 6.45) is 1.53. The number of carbonyl (C=O) groups excluding carboxylic acids is 1. The van der Waals surface area contributed by atoms with E-state index in [4.69, 9.17) is 4.74 Å². The summed E-state index contributed by atoms with van der Waals surface area (Å²) >= 11 is 0.